The minimum absolute atomic E-state index is 0.0753. The van der Waals surface area contributed by atoms with E-state index < -0.39 is 0 Å². The molecule has 0 aromatic carbocycles. The standard InChI is InChI=1S/C13H19N3O/c1-9-6-10(2)15-12(7-9)16-13(17)11-4-3-5-14-8-11/h6-7,11,14H,3-5,8H2,1-2H3,(H,15,16,17). The molecular weight excluding hydrogens is 214 g/mol. The van der Waals surface area contributed by atoms with E-state index in [1.165, 1.54) is 0 Å². The molecule has 1 atom stereocenters. The summed E-state index contributed by atoms with van der Waals surface area (Å²) in [7, 11) is 0. The molecule has 2 rings (SSSR count). The summed E-state index contributed by atoms with van der Waals surface area (Å²) in [6.45, 7) is 5.74. The molecule has 1 unspecified atom stereocenters. The third kappa shape index (κ3) is 3.27. The van der Waals surface area contributed by atoms with Crippen LogP contribution >= 0.6 is 0 Å². The first-order chi connectivity index (χ1) is 8.15. The van der Waals surface area contributed by atoms with Crippen LogP contribution in [0.25, 0.3) is 0 Å². The zero-order valence-corrected chi connectivity index (χ0v) is 10.4. The Balaban J connectivity index is 2.01. The molecule has 0 aliphatic carbocycles. The number of piperidine rings is 1. The number of nitrogens with one attached hydrogen (secondary N) is 2. The molecule has 92 valence electrons. The number of anilines is 1. The van der Waals surface area contributed by atoms with Crippen molar-refractivity contribution in [1.29, 1.82) is 0 Å². The summed E-state index contributed by atoms with van der Waals surface area (Å²) in [4.78, 5) is 16.3. The van der Waals surface area contributed by atoms with E-state index in [4.69, 9.17) is 0 Å². The number of aromatic nitrogens is 1. The molecule has 2 heterocycles. The lowest BCUT2D eigenvalue weighted by molar-refractivity contribution is -0.120. The van der Waals surface area contributed by atoms with Crippen LogP contribution in [-0.4, -0.2) is 24.0 Å². The van der Waals surface area contributed by atoms with Gasteiger partial charge in [-0.2, -0.15) is 0 Å². The molecule has 1 saturated heterocycles. The Hall–Kier alpha value is -1.42. The summed E-state index contributed by atoms with van der Waals surface area (Å²) < 4.78 is 0. The van der Waals surface area contributed by atoms with Crippen molar-refractivity contribution in [3.63, 3.8) is 0 Å². The van der Waals surface area contributed by atoms with Gasteiger partial charge >= 0.3 is 0 Å². The highest BCUT2D eigenvalue weighted by Gasteiger charge is 2.21. The fourth-order valence-corrected chi connectivity index (χ4v) is 2.21. The maximum atomic E-state index is 12.0. The van der Waals surface area contributed by atoms with Gasteiger partial charge in [-0.05, 0) is 50.9 Å². The predicted octanol–water partition coefficient (Wildman–Crippen LogP) is 1.64. The van der Waals surface area contributed by atoms with Crippen molar-refractivity contribution in [2.75, 3.05) is 18.4 Å². The number of rotatable bonds is 2. The fraction of sp³-hybridized carbons (Fsp3) is 0.538. The van der Waals surface area contributed by atoms with Crippen LogP contribution in [-0.2, 0) is 4.79 Å². The molecule has 0 spiro atoms. The van der Waals surface area contributed by atoms with Crippen molar-refractivity contribution in [3.8, 4) is 0 Å². The minimum atomic E-state index is 0.0753. The van der Waals surface area contributed by atoms with Crippen LogP contribution in [0.4, 0.5) is 5.82 Å². The summed E-state index contributed by atoms with van der Waals surface area (Å²) in [5, 5.41) is 6.15. The van der Waals surface area contributed by atoms with Gasteiger partial charge in [0.05, 0.1) is 5.92 Å². The van der Waals surface area contributed by atoms with Crippen molar-refractivity contribution in [2.24, 2.45) is 5.92 Å². The summed E-state index contributed by atoms with van der Waals surface area (Å²) in [5.41, 5.74) is 2.05. The maximum absolute atomic E-state index is 12.0. The van der Waals surface area contributed by atoms with Crippen LogP contribution in [0.1, 0.15) is 24.1 Å². The predicted molar refractivity (Wildman–Crippen MR) is 67.9 cm³/mol. The Bertz CT molecular complexity index is 391. The number of hydrogen-bond donors (Lipinski definition) is 2. The highest BCUT2D eigenvalue weighted by molar-refractivity contribution is 5.92. The molecule has 1 amide bonds. The van der Waals surface area contributed by atoms with Crippen LogP contribution in [0.15, 0.2) is 12.1 Å². The molecule has 17 heavy (non-hydrogen) atoms. The first-order valence-corrected chi connectivity index (χ1v) is 6.12. The normalized spacial score (nSPS) is 20.0. The number of carbonyl (C=O) groups is 1. The zero-order chi connectivity index (χ0) is 12.3. The fourth-order valence-electron chi connectivity index (χ4n) is 2.21. The van der Waals surface area contributed by atoms with E-state index in [1.807, 2.05) is 26.0 Å². The van der Waals surface area contributed by atoms with E-state index in [2.05, 4.69) is 15.6 Å². The van der Waals surface area contributed by atoms with E-state index in [0.717, 1.165) is 37.2 Å². The van der Waals surface area contributed by atoms with Gasteiger partial charge in [-0.15, -0.1) is 0 Å². The molecule has 1 fully saturated rings. The Labute approximate surface area is 102 Å². The van der Waals surface area contributed by atoms with Gasteiger partial charge in [0.2, 0.25) is 5.91 Å². The first kappa shape index (κ1) is 12.0. The smallest absolute Gasteiger partial charge is 0.229 e. The molecule has 0 saturated carbocycles. The Morgan fingerprint density at radius 3 is 2.94 bits per heavy atom. The molecular formula is C13H19N3O. The lowest BCUT2D eigenvalue weighted by Gasteiger charge is -2.21. The molecule has 0 bridgehead atoms. The molecule has 4 nitrogen and oxygen atoms in total. The average molecular weight is 233 g/mol. The Kier molecular flexibility index (Phi) is 3.74. The number of aryl methyl sites for hydroxylation is 2. The number of carbonyl (C=O) groups excluding carboxylic acids is 1. The lowest BCUT2D eigenvalue weighted by Crippen LogP contribution is -2.37. The molecule has 2 N–H and O–H groups in total. The minimum Gasteiger partial charge on any atom is -0.316 e. The molecule has 0 radical (unpaired) electrons. The monoisotopic (exact) mass is 233 g/mol. The Morgan fingerprint density at radius 1 is 1.47 bits per heavy atom. The summed E-state index contributed by atoms with van der Waals surface area (Å²) >= 11 is 0. The van der Waals surface area contributed by atoms with Crippen molar-refractivity contribution in [1.82, 2.24) is 10.3 Å². The van der Waals surface area contributed by atoms with Gasteiger partial charge in [0, 0.05) is 12.2 Å². The van der Waals surface area contributed by atoms with Crippen molar-refractivity contribution < 1.29 is 4.79 Å². The zero-order valence-electron chi connectivity index (χ0n) is 10.4. The van der Waals surface area contributed by atoms with Crippen LogP contribution in [0, 0.1) is 19.8 Å². The van der Waals surface area contributed by atoms with E-state index in [-0.39, 0.29) is 11.8 Å². The van der Waals surface area contributed by atoms with Gasteiger partial charge in [-0.25, -0.2) is 4.98 Å². The van der Waals surface area contributed by atoms with Crippen molar-refractivity contribution in [3.05, 3.63) is 23.4 Å². The van der Waals surface area contributed by atoms with Crippen LogP contribution in [0.2, 0.25) is 0 Å². The van der Waals surface area contributed by atoms with Crippen molar-refractivity contribution in [2.45, 2.75) is 26.7 Å². The summed E-state index contributed by atoms with van der Waals surface area (Å²) in [6, 6.07) is 3.90. The second-order valence-corrected chi connectivity index (χ2v) is 4.70. The van der Waals surface area contributed by atoms with E-state index >= 15 is 0 Å². The second-order valence-electron chi connectivity index (χ2n) is 4.70. The topological polar surface area (TPSA) is 54.0 Å². The molecule has 1 aliphatic heterocycles. The lowest BCUT2D eigenvalue weighted by atomic mass is 9.99. The van der Waals surface area contributed by atoms with E-state index in [0.29, 0.717) is 5.82 Å². The third-order valence-corrected chi connectivity index (χ3v) is 3.02. The van der Waals surface area contributed by atoms with Gasteiger partial charge in [0.25, 0.3) is 0 Å². The van der Waals surface area contributed by atoms with Gasteiger partial charge in [0.1, 0.15) is 5.82 Å². The largest absolute Gasteiger partial charge is 0.316 e. The SMILES string of the molecule is Cc1cc(C)nc(NC(=O)C2CCCNC2)c1. The molecule has 1 aromatic rings. The number of pyridine rings is 1. The van der Waals surface area contributed by atoms with Crippen molar-refractivity contribution >= 4 is 11.7 Å². The molecule has 1 aromatic heterocycles. The first-order valence-electron chi connectivity index (χ1n) is 6.12. The average Bonchev–Trinajstić information content (AvgIpc) is 2.28. The van der Waals surface area contributed by atoms with E-state index in [9.17, 15) is 4.79 Å². The quantitative estimate of drug-likeness (QED) is 0.816. The van der Waals surface area contributed by atoms with Crippen LogP contribution < -0.4 is 10.6 Å². The summed E-state index contributed by atoms with van der Waals surface area (Å²) in [6.07, 6.45) is 2.03. The van der Waals surface area contributed by atoms with E-state index in [1.54, 1.807) is 0 Å². The van der Waals surface area contributed by atoms with Gasteiger partial charge in [-0.1, -0.05) is 0 Å². The highest BCUT2D eigenvalue weighted by Crippen LogP contribution is 2.14. The van der Waals surface area contributed by atoms with Crippen LogP contribution in [0.3, 0.4) is 0 Å². The molecule has 4 heteroatoms. The van der Waals surface area contributed by atoms with Crippen LogP contribution in [0.5, 0.6) is 0 Å². The second kappa shape index (κ2) is 5.27. The van der Waals surface area contributed by atoms with Gasteiger partial charge in [0.15, 0.2) is 0 Å². The van der Waals surface area contributed by atoms with Gasteiger partial charge < -0.3 is 10.6 Å². The maximum Gasteiger partial charge on any atom is 0.229 e. The summed E-state index contributed by atoms with van der Waals surface area (Å²) in [5.74, 6) is 0.819. The molecule has 1 aliphatic rings. The number of amides is 1. The number of hydrogen-bond acceptors (Lipinski definition) is 3. The number of nitrogens with zero attached hydrogens (tertiary/aromatic N) is 1. The van der Waals surface area contributed by atoms with Gasteiger partial charge in [-0.3, -0.25) is 4.79 Å². The Morgan fingerprint density at radius 2 is 2.29 bits per heavy atom. The third-order valence-electron chi connectivity index (χ3n) is 3.02. The highest BCUT2D eigenvalue weighted by atomic mass is 16.2.